The van der Waals surface area contributed by atoms with E-state index in [1.807, 2.05) is 0 Å². The summed E-state index contributed by atoms with van der Waals surface area (Å²) in [6.45, 7) is 3.15. The van der Waals surface area contributed by atoms with Crippen molar-refractivity contribution in [3.63, 3.8) is 0 Å². The van der Waals surface area contributed by atoms with E-state index in [9.17, 15) is 0 Å². The molecule has 1 N–H and O–H groups in total. The molecule has 2 rings (SSSR count). The van der Waals surface area contributed by atoms with Crippen molar-refractivity contribution in [2.24, 2.45) is 0 Å². The van der Waals surface area contributed by atoms with Gasteiger partial charge in [-0.3, -0.25) is 0 Å². The first-order valence-electron chi connectivity index (χ1n) is 3.83. The summed E-state index contributed by atoms with van der Waals surface area (Å²) in [4.78, 5) is 4.03. The molecule has 1 aromatic heterocycles. The average Bonchev–Trinajstić information content (AvgIpc) is 2.55. The molecule has 0 aromatic carbocycles. The molecule has 0 aliphatic carbocycles. The smallest absolute Gasteiger partial charge is 0.213 e. The lowest BCUT2D eigenvalue weighted by Crippen LogP contribution is -2.34. The van der Waals surface area contributed by atoms with Crippen molar-refractivity contribution in [3.05, 3.63) is 12.2 Å². The quantitative estimate of drug-likeness (QED) is 0.644. The number of nitrogens with one attached hydrogen (secondary N) is 1. The summed E-state index contributed by atoms with van der Waals surface area (Å²) in [6, 6.07) is 0. The van der Waals surface area contributed by atoms with Crippen LogP contribution in [0.2, 0.25) is 0 Å². The van der Waals surface area contributed by atoms with Crippen LogP contribution in [0.5, 0.6) is 0 Å². The van der Waals surface area contributed by atoms with Gasteiger partial charge in [0.25, 0.3) is 0 Å². The number of aromatic nitrogens is 2. The molecule has 0 amide bonds. The average molecular weight is 153 g/mol. The summed E-state index contributed by atoms with van der Waals surface area (Å²) in [5.41, 5.74) is -0.0486. The molecule has 0 saturated carbocycles. The molecule has 0 spiro atoms. The zero-order chi connectivity index (χ0) is 7.73. The highest BCUT2D eigenvalue weighted by Crippen LogP contribution is 2.26. The fraction of sp³-hybridized carbons (Fsp3) is 0.714. The fourth-order valence-corrected chi connectivity index (χ4v) is 1.50. The van der Waals surface area contributed by atoms with Crippen LogP contribution in [0.3, 0.4) is 0 Å². The van der Waals surface area contributed by atoms with Crippen molar-refractivity contribution >= 4 is 0 Å². The predicted molar refractivity (Wildman–Crippen MR) is 38.9 cm³/mol. The standard InChI is InChI=1S/C7H11N3O/c1-7(3-2-4-9-7)6-8-5-11-10-6/h5,9H,2-4H2,1H3/t7-/m1/s1. The van der Waals surface area contributed by atoms with Gasteiger partial charge in [0.1, 0.15) is 0 Å². The van der Waals surface area contributed by atoms with Crippen LogP contribution in [0.15, 0.2) is 10.9 Å². The van der Waals surface area contributed by atoms with Crippen LogP contribution in [0, 0.1) is 0 Å². The third-order valence-corrected chi connectivity index (χ3v) is 2.22. The third kappa shape index (κ3) is 1.03. The molecule has 1 atom stereocenters. The highest BCUT2D eigenvalue weighted by Gasteiger charge is 2.33. The summed E-state index contributed by atoms with van der Waals surface area (Å²) < 4.78 is 4.69. The molecule has 1 fully saturated rings. The Morgan fingerprint density at radius 1 is 1.73 bits per heavy atom. The monoisotopic (exact) mass is 153 g/mol. The number of hydrogen-bond donors (Lipinski definition) is 1. The summed E-state index contributed by atoms with van der Waals surface area (Å²) in [6.07, 6.45) is 3.65. The minimum atomic E-state index is -0.0486. The fourth-order valence-electron chi connectivity index (χ4n) is 1.50. The van der Waals surface area contributed by atoms with Crippen molar-refractivity contribution < 1.29 is 4.52 Å². The molecule has 0 unspecified atom stereocenters. The van der Waals surface area contributed by atoms with Gasteiger partial charge >= 0.3 is 0 Å². The Hall–Kier alpha value is -0.900. The van der Waals surface area contributed by atoms with Gasteiger partial charge in [0.15, 0.2) is 5.82 Å². The summed E-state index contributed by atoms with van der Waals surface area (Å²) in [5.74, 6) is 0.773. The van der Waals surface area contributed by atoms with E-state index >= 15 is 0 Å². The second kappa shape index (κ2) is 2.30. The summed E-state index contributed by atoms with van der Waals surface area (Å²) in [5, 5.41) is 7.17. The van der Waals surface area contributed by atoms with Crippen LogP contribution in [0.4, 0.5) is 0 Å². The van der Waals surface area contributed by atoms with Crippen molar-refractivity contribution in [2.45, 2.75) is 25.3 Å². The van der Waals surface area contributed by atoms with E-state index in [0.29, 0.717) is 0 Å². The Morgan fingerprint density at radius 3 is 3.18 bits per heavy atom. The van der Waals surface area contributed by atoms with Gasteiger partial charge in [-0.1, -0.05) is 5.16 Å². The largest absolute Gasteiger partial charge is 0.343 e. The Morgan fingerprint density at radius 2 is 2.64 bits per heavy atom. The van der Waals surface area contributed by atoms with E-state index in [-0.39, 0.29) is 5.54 Å². The maximum absolute atomic E-state index is 4.69. The Balaban J connectivity index is 2.27. The molecule has 11 heavy (non-hydrogen) atoms. The van der Waals surface area contributed by atoms with Gasteiger partial charge in [-0.2, -0.15) is 4.98 Å². The van der Waals surface area contributed by atoms with Crippen molar-refractivity contribution in [1.29, 1.82) is 0 Å². The summed E-state index contributed by atoms with van der Waals surface area (Å²) >= 11 is 0. The molecule has 1 aliphatic rings. The molecule has 4 heteroatoms. The lowest BCUT2D eigenvalue weighted by Gasteiger charge is -2.18. The number of nitrogens with zero attached hydrogens (tertiary/aromatic N) is 2. The van der Waals surface area contributed by atoms with Gasteiger partial charge in [0.05, 0.1) is 5.54 Å². The first kappa shape index (κ1) is 6.79. The highest BCUT2D eigenvalue weighted by molar-refractivity contribution is 5.03. The van der Waals surface area contributed by atoms with Crippen LogP contribution >= 0.6 is 0 Å². The van der Waals surface area contributed by atoms with Crippen molar-refractivity contribution in [1.82, 2.24) is 15.5 Å². The van der Waals surface area contributed by atoms with E-state index in [1.165, 1.54) is 12.8 Å². The maximum atomic E-state index is 4.69. The molecule has 60 valence electrons. The minimum Gasteiger partial charge on any atom is -0.343 e. The van der Waals surface area contributed by atoms with E-state index < -0.39 is 0 Å². The van der Waals surface area contributed by atoms with Gasteiger partial charge in [-0.25, -0.2) is 0 Å². The summed E-state index contributed by atoms with van der Waals surface area (Å²) in [7, 11) is 0. The maximum Gasteiger partial charge on any atom is 0.213 e. The van der Waals surface area contributed by atoms with Gasteiger partial charge in [-0.05, 0) is 26.3 Å². The number of rotatable bonds is 1. The molecular weight excluding hydrogens is 142 g/mol. The molecular formula is C7H11N3O. The second-order valence-electron chi connectivity index (χ2n) is 3.12. The second-order valence-corrected chi connectivity index (χ2v) is 3.12. The topological polar surface area (TPSA) is 51.0 Å². The first-order chi connectivity index (χ1) is 5.31. The molecule has 1 aliphatic heterocycles. The van der Waals surface area contributed by atoms with E-state index in [1.54, 1.807) is 0 Å². The van der Waals surface area contributed by atoms with Crippen LogP contribution in [0.25, 0.3) is 0 Å². The van der Waals surface area contributed by atoms with Gasteiger partial charge in [0.2, 0.25) is 6.39 Å². The molecule has 0 radical (unpaired) electrons. The Labute approximate surface area is 65.0 Å². The van der Waals surface area contributed by atoms with Gasteiger partial charge < -0.3 is 9.84 Å². The van der Waals surface area contributed by atoms with Crippen LogP contribution in [-0.4, -0.2) is 16.7 Å². The van der Waals surface area contributed by atoms with Gasteiger partial charge in [0, 0.05) is 0 Å². The predicted octanol–water partition coefficient (Wildman–Crippen LogP) is 0.668. The number of hydrogen-bond acceptors (Lipinski definition) is 4. The minimum absolute atomic E-state index is 0.0486. The third-order valence-electron chi connectivity index (χ3n) is 2.22. The van der Waals surface area contributed by atoms with Crippen molar-refractivity contribution in [3.8, 4) is 0 Å². The highest BCUT2D eigenvalue weighted by atomic mass is 16.5. The van der Waals surface area contributed by atoms with Crippen LogP contribution < -0.4 is 5.32 Å². The zero-order valence-electron chi connectivity index (χ0n) is 6.50. The van der Waals surface area contributed by atoms with Crippen molar-refractivity contribution in [2.75, 3.05) is 6.54 Å². The van der Waals surface area contributed by atoms with E-state index in [4.69, 9.17) is 4.52 Å². The van der Waals surface area contributed by atoms with Gasteiger partial charge in [-0.15, -0.1) is 0 Å². The molecule has 4 nitrogen and oxygen atoms in total. The van der Waals surface area contributed by atoms with Crippen LogP contribution in [0.1, 0.15) is 25.6 Å². The Bertz CT molecular complexity index is 226. The zero-order valence-corrected chi connectivity index (χ0v) is 6.50. The lowest BCUT2D eigenvalue weighted by atomic mass is 10.00. The normalized spacial score (nSPS) is 31.0. The molecule has 0 bridgehead atoms. The van der Waals surface area contributed by atoms with E-state index in [2.05, 4.69) is 22.4 Å². The Kier molecular flexibility index (Phi) is 1.42. The first-order valence-corrected chi connectivity index (χ1v) is 3.83. The molecule has 1 aromatic rings. The lowest BCUT2D eigenvalue weighted by molar-refractivity contribution is 0.357. The molecule has 2 heterocycles. The molecule has 1 saturated heterocycles. The SMILES string of the molecule is C[C@]1(c2ncon2)CCCN1. The van der Waals surface area contributed by atoms with E-state index in [0.717, 1.165) is 18.8 Å². The van der Waals surface area contributed by atoms with Crippen LogP contribution in [-0.2, 0) is 5.54 Å².